The number of aromatic amines is 1. The van der Waals surface area contributed by atoms with Crippen molar-refractivity contribution in [3.63, 3.8) is 0 Å². The molecule has 2 aromatic carbocycles. The number of methoxy groups -OCH3 is 1. The highest BCUT2D eigenvalue weighted by Gasteiger charge is 2.31. The number of halogens is 1. The molecule has 2 N–H and O–H groups in total. The summed E-state index contributed by atoms with van der Waals surface area (Å²) in [5, 5.41) is 12.5. The van der Waals surface area contributed by atoms with Gasteiger partial charge < -0.3 is 14.8 Å². The van der Waals surface area contributed by atoms with Crippen LogP contribution in [0.25, 0.3) is 10.9 Å². The summed E-state index contributed by atoms with van der Waals surface area (Å²) in [6.07, 6.45) is 2.64. The molecule has 1 aromatic heterocycles. The molecule has 0 radical (unpaired) electrons. The number of aromatic nitrogens is 1. The van der Waals surface area contributed by atoms with E-state index in [-0.39, 0.29) is 11.7 Å². The van der Waals surface area contributed by atoms with Crippen LogP contribution >= 0.6 is 0 Å². The van der Waals surface area contributed by atoms with Crippen molar-refractivity contribution in [3.8, 4) is 5.75 Å². The van der Waals surface area contributed by atoms with Gasteiger partial charge in [0, 0.05) is 17.6 Å². The lowest BCUT2D eigenvalue weighted by Gasteiger charge is -2.31. The molecule has 0 aliphatic carbocycles. The quantitative estimate of drug-likeness (QED) is 0.544. The third kappa shape index (κ3) is 4.51. The fraction of sp³-hybridized carbons (Fsp3) is 0.391. The van der Waals surface area contributed by atoms with Crippen LogP contribution in [0.3, 0.4) is 0 Å². The fourth-order valence-corrected chi connectivity index (χ4v) is 4.08. The van der Waals surface area contributed by atoms with E-state index in [1.165, 1.54) is 12.1 Å². The van der Waals surface area contributed by atoms with Gasteiger partial charge in [0.05, 0.1) is 12.7 Å². The molecule has 0 saturated heterocycles. The van der Waals surface area contributed by atoms with Gasteiger partial charge in [-0.1, -0.05) is 38.5 Å². The first kappa shape index (κ1) is 19.4. The average Bonchev–Trinajstić information content (AvgIpc) is 3.03. The predicted octanol–water partition coefficient (Wildman–Crippen LogP) is 5.58. The molecule has 144 valence electrons. The van der Waals surface area contributed by atoms with Crippen LogP contribution in [-0.2, 0) is 6.42 Å². The molecule has 0 aliphatic heterocycles. The van der Waals surface area contributed by atoms with Gasteiger partial charge in [0.15, 0.2) is 0 Å². The Morgan fingerprint density at radius 2 is 1.96 bits per heavy atom. The van der Waals surface area contributed by atoms with Gasteiger partial charge in [-0.05, 0) is 60.0 Å². The van der Waals surface area contributed by atoms with E-state index >= 15 is 0 Å². The molecule has 0 aliphatic rings. The molecule has 3 aromatic rings. The number of ether oxygens (including phenoxy) is 1. The molecule has 1 heterocycles. The summed E-state index contributed by atoms with van der Waals surface area (Å²) in [7, 11) is 1.59. The van der Waals surface area contributed by atoms with Gasteiger partial charge in [-0.15, -0.1) is 0 Å². The lowest BCUT2D eigenvalue weighted by atomic mass is 9.81. The van der Waals surface area contributed by atoms with Crippen molar-refractivity contribution < 1.29 is 14.2 Å². The molecule has 2 atom stereocenters. The van der Waals surface area contributed by atoms with Crippen molar-refractivity contribution in [3.05, 3.63) is 65.6 Å². The van der Waals surface area contributed by atoms with E-state index in [2.05, 4.69) is 24.0 Å². The second-order valence-electron chi connectivity index (χ2n) is 7.52. The predicted molar refractivity (Wildman–Crippen MR) is 108 cm³/mol. The average molecular weight is 369 g/mol. The smallest absolute Gasteiger partial charge is 0.123 e. The van der Waals surface area contributed by atoms with Crippen molar-refractivity contribution in [2.24, 2.45) is 0 Å². The maximum absolute atomic E-state index is 13.8. The SMILES string of the molecule is CCC[C@@](O)(Cc1cc2ccccc2[nH]1)CC(C)c1cc(F)ccc1OC. The van der Waals surface area contributed by atoms with E-state index < -0.39 is 5.60 Å². The molecular formula is C23H28FNO2. The summed E-state index contributed by atoms with van der Waals surface area (Å²) in [6.45, 7) is 4.09. The first-order valence-corrected chi connectivity index (χ1v) is 9.56. The first-order chi connectivity index (χ1) is 12.9. The highest BCUT2D eigenvalue weighted by molar-refractivity contribution is 5.80. The van der Waals surface area contributed by atoms with Crippen molar-refractivity contribution in [2.75, 3.05) is 7.11 Å². The Kier molecular flexibility index (Phi) is 5.85. The zero-order chi connectivity index (χ0) is 19.4. The summed E-state index contributed by atoms with van der Waals surface area (Å²) >= 11 is 0. The van der Waals surface area contributed by atoms with Crippen LogP contribution in [0.15, 0.2) is 48.5 Å². The number of nitrogens with one attached hydrogen (secondary N) is 1. The number of rotatable bonds is 8. The molecule has 0 amide bonds. The second-order valence-corrected chi connectivity index (χ2v) is 7.52. The van der Waals surface area contributed by atoms with Crippen LogP contribution in [0.1, 0.15) is 50.3 Å². The molecule has 0 fully saturated rings. The molecule has 0 bridgehead atoms. The Morgan fingerprint density at radius 3 is 2.67 bits per heavy atom. The van der Waals surface area contributed by atoms with Gasteiger partial charge in [0.25, 0.3) is 0 Å². The Bertz CT molecular complexity index is 871. The molecule has 3 nitrogen and oxygen atoms in total. The van der Waals surface area contributed by atoms with Crippen LogP contribution in [0.4, 0.5) is 4.39 Å². The minimum atomic E-state index is -0.869. The lowest BCUT2D eigenvalue weighted by molar-refractivity contribution is 0.0159. The standard InChI is InChI=1S/C23H28FNO2/c1-4-11-23(26,15-19-12-17-7-5-6-8-21(17)25-19)14-16(2)20-13-18(24)9-10-22(20)27-3/h5-10,12-13,16,25-26H,4,11,14-15H2,1-3H3/t16?,23-/m0/s1. The molecular weight excluding hydrogens is 341 g/mol. The number of fused-ring (bicyclic) bond motifs is 1. The second kappa shape index (κ2) is 8.13. The van der Waals surface area contributed by atoms with Crippen molar-refractivity contribution in [1.82, 2.24) is 4.98 Å². The Morgan fingerprint density at radius 1 is 1.19 bits per heavy atom. The zero-order valence-corrected chi connectivity index (χ0v) is 16.3. The largest absolute Gasteiger partial charge is 0.496 e. The Balaban J connectivity index is 1.84. The van der Waals surface area contributed by atoms with E-state index in [1.54, 1.807) is 13.2 Å². The van der Waals surface area contributed by atoms with Gasteiger partial charge in [-0.2, -0.15) is 0 Å². The molecule has 1 unspecified atom stereocenters. The van der Waals surface area contributed by atoms with E-state index in [0.29, 0.717) is 25.0 Å². The summed E-state index contributed by atoms with van der Waals surface area (Å²) in [4.78, 5) is 3.41. The topological polar surface area (TPSA) is 45.2 Å². The van der Waals surface area contributed by atoms with Crippen LogP contribution < -0.4 is 4.74 Å². The minimum Gasteiger partial charge on any atom is -0.496 e. The van der Waals surface area contributed by atoms with Gasteiger partial charge in [0.1, 0.15) is 11.6 Å². The number of hydrogen-bond donors (Lipinski definition) is 2. The van der Waals surface area contributed by atoms with E-state index in [1.807, 2.05) is 25.1 Å². The fourth-order valence-electron chi connectivity index (χ4n) is 4.08. The summed E-state index contributed by atoms with van der Waals surface area (Å²) < 4.78 is 19.2. The summed E-state index contributed by atoms with van der Waals surface area (Å²) in [5.41, 5.74) is 2.02. The summed E-state index contributed by atoms with van der Waals surface area (Å²) in [5.74, 6) is 0.345. The third-order valence-electron chi connectivity index (χ3n) is 5.23. The van der Waals surface area contributed by atoms with E-state index in [9.17, 15) is 9.50 Å². The van der Waals surface area contributed by atoms with Crippen molar-refractivity contribution >= 4 is 10.9 Å². The van der Waals surface area contributed by atoms with Gasteiger partial charge in [-0.25, -0.2) is 4.39 Å². The van der Waals surface area contributed by atoms with Crippen molar-refractivity contribution in [1.29, 1.82) is 0 Å². The molecule has 4 heteroatoms. The monoisotopic (exact) mass is 369 g/mol. The normalized spacial score (nSPS) is 14.9. The first-order valence-electron chi connectivity index (χ1n) is 9.56. The Hall–Kier alpha value is -2.33. The highest BCUT2D eigenvalue weighted by Crippen LogP contribution is 2.36. The Labute approximate surface area is 160 Å². The summed E-state index contributed by atoms with van der Waals surface area (Å²) in [6, 6.07) is 14.8. The third-order valence-corrected chi connectivity index (χ3v) is 5.23. The van der Waals surface area contributed by atoms with Gasteiger partial charge in [0.2, 0.25) is 0 Å². The maximum atomic E-state index is 13.8. The minimum absolute atomic E-state index is 0.0309. The van der Waals surface area contributed by atoms with Crippen LogP contribution in [0, 0.1) is 5.82 Å². The molecule has 3 rings (SSSR count). The van der Waals surface area contributed by atoms with E-state index in [0.717, 1.165) is 28.6 Å². The van der Waals surface area contributed by atoms with Gasteiger partial charge >= 0.3 is 0 Å². The maximum Gasteiger partial charge on any atom is 0.123 e. The number of H-pyrrole nitrogens is 1. The van der Waals surface area contributed by atoms with Crippen LogP contribution in [0.5, 0.6) is 5.75 Å². The zero-order valence-electron chi connectivity index (χ0n) is 16.3. The van der Waals surface area contributed by atoms with Crippen LogP contribution in [-0.4, -0.2) is 22.8 Å². The molecule has 0 spiro atoms. The van der Waals surface area contributed by atoms with Crippen LogP contribution in [0.2, 0.25) is 0 Å². The van der Waals surface area contributed by atoms with E-state index in [4.69, 9.17) is 4.74 Å². The molecule has 27 heavy (non-hydrogen) atoms. The number of para-hydroxylation sites is 1. The number of aliphatic hydroxyl groups is 1. The molecule has 0 saturated carbocycles. The highest BCUT2D eigenvalue weighted by atomic mass is 19.1. The number of hydrogen-bond acceptors (Lipinski definition) is 2. The van der Waals surface area contributed by atoms with Crippen molar-refractivity contribution in [2.45, 2.75) is 51.0 Å². The number of benzene rings is 2. The van der Waals surface area contributed by atoms with Gasteiger partial charge in [-0.3, -0.25) is 0 Å². The lowest BCUT2D eigenvalue weighted by Crippen LogP contribution is -2.33.